The van der Waals surface area contributed by atoms with Gasteiger partial charge in [-0.1, -0.05) is 78.3 Å². The van der Waals surface area contributed by atoms with Gasteiger partial charge in [-0.2, -0.15) is 5.10 Å². The lowest BCUT2D eigenvalue weighted by atomic mass is 10.1. The number of rotatable bonds is 7. The Balaban J connectivity index is 1.75. The molecule has 6 nitrogen and oxygen atoms in total. The second-order valence-corrected chi connectivity index (χ2v) is 7.58. The molecule has 0 aliphatic rings. The van der Waals surface area contributed by atoms with Crippen molar-refractivity contribution in [2.45, 2.75) is 6.54 Å². The summed E-state index contributed by atoms with van der Waals surface area (Å²) in [6, 6.07) is 27.8. The molecule has 0 unspecified atom stereocenters. The standard InChI is InChI=1S/C25H20ClN3O3/c26-21-14-8-7-11-19(21)16-28(17-24(30)31)25(32)22-15-23(18-9-3-1-4-10-18)29(27-22)20-12-5-2-6-13-20/h1-15H,16-17H2,(H,30,31). The molecular formula is C25H20ClN3O3. The van der Waals surface area contributed by atoms with Crippen molar-refractivity contribution in [2.75, 3.05) is 6.54 Å². The molecule has 0 aliphatic carbocycles. The van der Waals surface area contributed by atoms with E-state index in [1.807, 2.05) is 60.7 Å². The molecular weight excluding hydrogens is 426 g/mol. The third-order valence-electron chi connectivity index (χ3n) is 4.93. The van der Waals surface area contributed by atoms with Crippen molar-refractivity contribution in [2.24, 2.45) is 0 Å². The van der Waals surface area contributed by atoms with Gasteiger partial charge >= 0.3 is 5.97 Å². The van der Waals surface area contributed by atoms with Gasteiger partial charge < -0.3 is 10.0 Å². The molecule has 7 heteroatoms. The molecule has 0 spiro atoms. The number of nitrogens with zero attached hydrogens (tertiary/aromatic N) is 3. The van der Waals surface area contributed by atoms with Gasteiger partial charge in [-0.3, -0.25) is 9.59 Å². The van der Waals surface area contributed by atoms with E-state index < -0.39 is 18.4 Å². The van der Waals surface area contributed by atoms with E-state index in [0.717, 1.165) is 16.9 Å². The van der Waals surface area contributed by atoms with Crippen LogP contribution in [0.3, 0.4) is 0 Å². The van der Waals surface area contributed by atoms with Gasteiger partial charge in [0.2, 0.25) is 0 Å². The minimum Gasteiger partial charge on any atom is -0.480 e. The van der Waals surface area contributed by atoms with Gasteiger partial charge in [-0.15, -0.1) is 0 Å². The Morgan fingerprint density at radius 3 is 2.19 bits per heavy atom. The van der Waals surface area contributed by atoms with Crippen LogP contribution in [0, 0.1) is 0 Å². The van der Waals surface area contributed by atoms with Crippen LogP contribution in [0.15, 0.2) is 91.0 Å². The number of halogens is 1. The molecule has 1 heterocycles. The van der Waals surface area contributed by atoms with Gasteiger partial charge in [0.1, 0.15) is 6.54 Å². The van der Waals surface area contributed by atoms with Gasteiger partial charge in [0, 0.05) is 17.1 Å². The highest BCUT2D eigenvalue weighted by Gasteiger charge is 2.24. The summed E-state index contributed by atoms with van der Waals surface area (Å²) < 4.78 is 1.69. The fraction of sp³-hybridized carbons (Fsp3) is 0.0800. The summed E-state index contributed by atoms with van der Waals surface area (Å²) in [6.45, 7) is -0.410. The lowest BCUT2D eigenvalue weighted by molar-refractivity contribution is -0.137. The molecule has 0 atom stereocenters. The number of hydrogen-bond donors (Lipinski definition) is 1. The minimum atomic E-state index is -1.11. The average Bonchev–Trinajstić information content (AvgIpc) is 3.26. The number of amides is 1. The first-order valence-electron chi connectivity index (χ1n) is 9.98. The summed E-state index contributed by atoms with van der Waals surface area (Å²) in [5.74, 6) is -1.60. The molecule has 0 aliphatic heterocycles. The van der Waals surface area contributed by atoms with Crippen molar-refractivity contribution in [1.29, 1.82) is 0 Å². The first-order valence-corrected chi connectivity index (χ1v) is 10.4. The Labute approximate surface area is 190 Å². The molecule has 32 heavy (non-hydrogen) atoms. The van der Waals surface area contributed by atoms with Crippen LogP contribution < -0.4 is 0 Å². The first-order chi connectivity index (χ1) is 15.5. The second-order valence-electron chi connectivity index (χ2n) is 7.17. The maximum absolute atomic E-state index is 13.4. The molecule has 4 rings (SSSR count). The second kappa shape index (κ2) is 9.49. The molecule has 0 saturated carbocycles. The van der Waals surface area contributed by atoms with E-state index in [-0.39, 0.29) is 12.2 Å². The molecule has 0 radical (unpaired) electrons. The zero-order valence-corrected chi connectivity index (χ0v) is 17.8. The van der Waals surface area contributed by atoms with Gasteiger partial charge in [-0.05, 0) is 29.8 Å². The number of carbonyl (C=O) groups excluding carboxylic acids is 1. The summed E-state index contributed by atoms with van der Waals surface area (Å²) in [4.78, 5) is 26.1. The SMILES string of the molecule is O=C(O)CN(Cc1ccccc1Cl)C(=O)c1cc(-c2ccccc2)n(-c2ccccc2)n1. The molecule has 0 saturated heterocycles. The third-order valence-corrected chi connectivity index (χ3v) is 5.30. The first kappa shape index (κ1) is 21.3. The fourth-order valence-corrected chi connectivity index (χ4v) is 3.62. The van der Waals surface area contributed by atoms with Crippen molar-refractivity contribution in [3.63, 3.8) is 0 Å². The smallest absolute Gasteiger partial charge is 0.323 e. The van der Waals surface area contributed by atoms with E-state index in [4.69, 9.17) is 11.6 Å². The van der Waals surface area contributed by atoms with Gasteiger partial charge in [0.25, 0.3) is 5.91 Å². The number of hydrogen-bond acceptors (Lipinski definition) is 3. The van der Waals surface area contributed by atoms with Gasteiger partial charge in [-0.25, -0.2) is 4.68 Å². The number of carboxylic acid groups (broad SMARTS) is 1. The minimum absolute atomic E-state index is 0.0592. The highest BCUT2D eigenvalue weighted by molar-refractivity contribution is 6.31. The van der Waals surface area contributed by atoms with E-state index in [9.17, 15) is 14.7 Å². The average molecular weight is 446 g/mol. The van der Waals surface area contributed by atoms with Crippen LogP contribution in [-0.4, -0.2) is 38.2 Å². The number of aromatic nitrogens is 2. The van der Waals surface area contributed by atoms with Crippen LogP contribution in [0.2, 0.25) is 5.02 Å². The molecule has 0 fully saturated rings. The lowest BCUT2D eigenvalue weighted by Gasteiger charge is -2.20. The maximum Gasteiger partial charge on any atom is 0.323 e. The fourth-order valence-electron chi connectivity index (χ4n) is 3.42. The van der Waals surface area contributed by atoms with Crippen LogP contribution in [0.4, 0.5) is 0 Å². The van der Waals surface area contributed by atoms with E-state index in [0.29, 0.717) is 10.6 Å². The zero-order chi connectivity index (χ0) is 22.5. The molecule has 1 aromatic heterocycles. The summed E-state index contributed by atoms with van der Waals surface area (Å²) in [5.41, 5.74) is 3.23. The van der Waals surface area contributed by atoms with Crippen LogP contribution in [0.1, 0.15) is 16.1 Å². The topological polar surface area (TPSA) is 75.4 Å². The molecule has 4 aromatic rings. The highest BCUT2D eigenvalue weighted by Crippen LogP contribution is 2.25. The number of benzene rings is 3. The quantitative estimate of drug-likeness (QED) is 0.438. The monoisotopic (exact) mass is 445 g/mol. The van der Waals surface area contributed by atoms with Crippen LogP contribution in [-0.2, 0) is 11.3 Å². The molecule has 3 aromatic carbocycles. The Bertz CT molecular complexity index is 1180. The van der Waals surface area contributed by atoms with Crippen molar-refractivity contribution in [3.05, 3.63) is 107 Å². The van der Waals surface area contributed by atoms with E-state index in [1.54, 1.807) is 35.0 Å². The predicted octanol–water partition coefficient (Wildman–Crippen LogP) is 4.92. The summed E-state index contributed by atoms with van der Waals surface area (Å²) >= 11 is 6.24. The Morgan fingerprint density at radius 1 is 0.906 bits per heavy atom. The van der Waals surface area contributed by atoms with Crippen LogP contribution in [0.25, 0.3) is 16.9 Å². The number of carbonyl (C=O) groups is 2. The summed E-state index contributed by atoms with van der Waals surface area (Å²) in [7, 11) is 0. The van der Waals surface area contributed by atoms with Crippen molar-refractivity contribution < 1.29 is 14.7 Å². The lowest BCUT2D eigenvalue weighted by Crippen LogP contribution is -2.35. The molecule has 1 N–H and O–H groups in total. The molecule has 0 bridgehead atoms. The van der Waals surface area contributed by atoms with Crippen molar-refractivity contribution in [3.8, 4) is 16.9 Å². The highest BCUT2D eigenvalue weighted by atomic mass is 35.5. The van der Waals surface area contributed by atoms with Crippen molar-refractivity contribution in [1.82, 2.24) is 14.7 Å². The number of carboxylic acids is 1. The maximum atomic E-state index is 13.4. The predicted molar refractivity (Wildman–Crippen MR) is 123 cm³/mol. The normalized spacial score (nSPS) is 10.7. The number of para-hydroxylation sites is 1. The Kier molecular flexibility index (Phi) is 6.33. The summed E-state index contributed by atoms with van der Waals surface area (Å²) in [6.07, 6.45) is 0. The largest absolute Gasteiger partial charge is 0.480 e. The molecule has 1 amide bonds. The van der Waals surface area contributed by atoms with E-state index >= 15 is 0 Å². The third kappa shape index (κ3) is 4.71. The summed E-state index contributed by atoms with van der Waals surface area (Å²) in [5, 5.41) is 14.4. The Hall–Kier alpha value is -3.90. The van der Waals surface area contributed by atoms with Gasteiger partial charge in [0.15, 0.2) is 5.69 Å². The van der Waals surface area contributed by atoms with E-state index in [2.05, 4.69) is 5.10 Å². The van der Waals surface area contributed by atoms with Gasteiger partial charge in [0.05, 0.1) is 11.4 Å². The van der Waals surface area contributed by atoms with E-state index in [1.165, 1.54) is 4.90 Å². The van der Waals surface area contributed by atoms with Crippen molar-refractivity contribution >= 4 is 23.5 Å². The Morgan fingerprint density at radius 2 is 1.53 bits per heavy atom. The molecule has 160 valence electrons. The number of aliphatic carboxylic acids is 1. The zero-order valence-electron chi connectivity index (χ0n) is 17.1. The van der Waals surface area contributed by atoms with Crippen LogP contribution in [0.5, 0.6) is 0 Å². The van der Waals surface area contributed by atoms with Crippen LogP contribution >= 0.6 is 11.6 Å².